The molecule has 3 aromatic rings. The predicted molar refractivity (Wildman–Crippen MR) is 106 cm³/mol. The lowest BCUT2D eigenvalue weighted by atomic mass is 10.0. The van der Waals surface area contributed by atoms with Crippen molar-refractivity contribution in [3.63, 3.8) is 0 Å². The van der Waals surface area contributed by atoms with Gasteiger partial charge in [-0.2, -0.15) is 0 Å². The second-order valence-corrected chi connectivity index (χ2v) is 7.45. The number of furan rings is 1. The topological polar surface area (TPSA) is 68.5 Å². The molecule has 1 aliphatic carbocycles. The van der Waals surface area contributed by atoms with Crippen molar-refractivity contribution in [1.82, 2.24) is 0 Å². The fourth-order valence-electron chi connectivity index (χ4n) is 3.39. The molecule has 0 unspecified atom stereocenters. The van der Waals surface area contributed by atoms with Crippen molar-refractivity contribution >= 4 is 44.5 Å². The largest absolute Gasteiger partial charge is 0.464 e. The van der Waals surface area contributed by atoms with Gasteiger partial charge in [0, 0.05) is 15.4 Å². The van der Waals surface area contributed by atoms with Crippen LogP contribution in [0.15, 0.2) is 51.6 Å². The van der Waals surface area contributed by atoms with E-state index in [0.717, 1.165) is 40.3 Å². The van der Waals surface area contributed by atoms with E-state index in [0.29, 0.717) is 5.69 Å². The van der Waals surface area contributed by atoms with Crippen molar-refractivity contribution in [2.24, 2.45) is 0 Å². The predicted octanol–water partition coefficient (Wildman–Crippen LogP) is 4.41. The minimum Gasteiger partial charge on any atom is -0.464 e. The molecule has 1 N–H and O–H groups in total. The monoisotopic (exact) mass is 427 g/mol. The summed E-state index contributed by atoms with van der Waals surface area (Å²) in [5.41, 5.74) is 4.87. The molecular weight excluding hydrogens is 410 g/mol. The Labute approximate surface area is 164 Å². The molecule has 27 heavy (non-hydrogen) atoms. The number of carbonyl (C=O) groups excluding carboxylic acids is 2. The molecule has 0 aliphatic heterocycles. The van der Waals surface area contributed by atoms with Gasteiger partial charge in [0.05, 0.1) is 18.4 Å². The Bertz CT molecular complexity index is 1020. The lowest BCUT2D eigenvalue weighted by Crippen LogP contribution is -2.21. The molecule has 4 rings (SSSR count). The van der Waals surface area contributed by atoms with Crippen molar-refractivity contribution in [3.05, 3.63) is 63.8 Å². The van der Waals surface area contributed by atoms with Crippen molar-refractivity contribution < 1.29 is 18.7 Å². The number of hydrogen-bond acceptors (Lipinski definition) is 4. The van der Waals surface area contributed by atoms with E-state index in [1.165, 1.54) is 11.1 Å². The van der Waals surface area contributed by atoms with E-state index in [1.807, 2.05) is 18.2 Å². The van der Waals surface area contributed by atoms with Gasteiger partial charge in [-0.05, 0) is 70.6 Å². The molecule has 0 atom stereocenters. The third-order valence-electron chi connectivity index (χ3n) is 4.72. The molecule has 0 saturated heterocycles. The van der Waals surface area contributed by atoms with Gasteiger partial charge in [-0.15, -0.1) is 0 Å². The normalized spacial score (nSPS) is 12.8. The van der Waals surface area contributed by atoms with Crippen LogP contribution >= 0.6 is 15.9 Å². The Balaban J connectivity index is 1.36. The summed E-state index contributed by atoms with van der Waals surface area (Å²) in [5.74, 6) is -0.842. The van der Waals surface area contributed by atoms with E-state index in [-0.39, 0.29) is 18.9 Å². The van der Waals surface area contributed by atoms with Crippen LogP contribution in [-0.2, 0) is 33.6 Å². The summed E-state index contributed by atoms with van der Waals surface area (Å²) in [6.07, 6.45) is 4.98. The number of anilines is 1. The van der Waals surface area contributed by atoms with Crippen LogP contribution in [0, 0.1) is 0 Å². The van der Waals surface area contributed by atoms with E-state index < -0.39 is 5.97 Å². The summed E-state index contributed by atoms with van der Waals surface area (Å²) in [6.45, 7) is -0.328. The minimum absolute atomic E-state index is 0.0775. The molecule has 0 radical (unpaired) electrons. The molecule has 138 valence electrons. The second kappa shape index (κ2) is 7.56. The van der Waals surface area contributed by atoms with Gasteiger partial charge in [0.2, 0.25) is 0 Å². The molecule has 0 spiro atoms. The average molecular weight is 428 g/mol. The quantitative estimate of drug-likeness (QED) is 0.612. The fraction of sp³-hybridized carbons (Fsp3) is 0.238. The molecule has 0 saturated carbocycles. The van der Waals surface area contributed by atoms with E-state index in [4.69, 9.17) is 9.15 Å². The van der Waals surface area contributed by atoms with E-state index in [9.17, 15) is 9.59 Å². The third kappa shape index (κ3) is 3.90. The number of aryl methyl sites for hydroxylation is 2. The molecule has 0 fully saturated rings. The van der Waals surface area contributed by atoms with Gasteiger partial charge < -0.3 is 14.5 Å². The number of ether oxygens (including phenoxy) is 1. The molecule has 1 aliphatic rings. The highest BCUT2D eigenvalue weighted by atomic mass is 79.9. The van der Waals surface area contributed by atoms with Crippen LogP contribution in [0.3, 0.4) is 0 Å². The lowest BCUT2D eigenvalue weighted by molar-refractivity contribution is -0.146. The highest BCUT2D eigenvalue weighted by Gasteiger charge is 2.17. The second-order valence-electron chi connectivity index (χ2n) is 6.60. The zero-order chi connectivity index (χ0) is 18.8. The molecule has 5 nitrogen and oxygen atoms in total. The average Bonchev–Trinajstić information content (AvgIpc) is 3.27. The first kappa shape index (κ1) is 17.8. The number of para-hydroxylation sites is 1. The van der Waals surface area contributed by atoms with Gasteiger partial charge in [0.25, 0.3) is 5.91 Å². The van der Waals surface area contributed by atoms with Crippen molar-refractivity contribution in [1.29, 1.82) is 0 Å². The van der Waals surface area contributed by atoms with Gasteiger partial charge in [-0.25, -0.2) is 0 Å². The van der Waals surface area contributed by atoms with Crippen LogP contribution < -0.4 is 5.32 Å². The van der Waals surface area contributed by atoms with Crippen molar-refractivity contribution in [2.75, 3.05) is 11.9 Å². The van der Waals surface area contributed by atoms with Gasteiger partial charge >= 0.3 is 5.97 Å². The van der Waals surface area contributed by atoms with Crippen LogP contribution in [0.1, 0.15) is 23.1 Å². The Morgan fingerprint density at radius 2 is 1.93 bits per heavy atom. The van der Waals surface area contributed by atoms with E-state index in [2.05, 4.69) is 33.4 Å². The summed E-state index contributed by atoms with van der Waals surface area (Å²) in [4.78, 5) is 24.1. The molecule has 2 aromatic carbocycles. The maximum atomic E-state index is 12.2. The maximum absolute atomic E-state index is 12.2. The van der Waals surface area contributed by atoms with Gasteiger partial charge in [-0.1, -0.05) is 12.1 Å². The van der Waals surface area contributed by atoms with Gasteiger partial charge in [0.15, 0.2) is 6.61 Å². The zero-order valence-electron chi connectivity index (χ0n) is 14.6. The Kier molecular flexibility index (Phi) is 4.99. The number of hydrogen-bond donors (Lipinski definition) is 1. The van der Waals surface area contributed by atoms with Crippen LogP contribution in [0.2, 0.25) is 0 Å². The minimum atomic E-state index is -0.458. The van der Waals surface area contributed by atoms with Crippen molar-refractivity contribution in [2.45, 2.75) is 25.7 Å². The van der Waals surface area contributed by atoms with Crippen LogP contribution in [0.4, 0.5) is 5.69 Å². The van der Waals surface area contributed by atoms with Crippen LogP contribution in [-0.4, -0.2) is 18.5 Å². The van der Waals surface area contributed by atoms with E-state index in [1.54, 1.807) is 12.3 Å². The number of esters is 1. The Morgan fingerprint density at radius 3 is 2.74 bits per heavy atom. The highest BCUT2D eigenvalue weighted by Crippen LogP contribution is 2.30. The molecule has 6 heteroatoms. The first-order valence-electron chi connectivity index (χ1n) is 8.82. The Hall–Kier alpha value is -2.60. The molecule has 1 heterocycles. The third-order valence-corrected chi connectivity index (χ3v) is 5.41. The number of nitrogens with one attached hydrogen (secondary N) is 1. The number of fused-ring (bicyclic) bond motifs is 2. The van der Waals surface area contributed by atoms with Gasteiger partial charge in [-0.3, -0.25) is 9.59 Å². The number of amides is 1. The summed E-state index contributed by atoms with van der Waals surface area (Å²) in [6, 6.07) is 11.4. The first-order chi connectivity index (χ1) is 13.1. The molecule has 1 aromatic heterocycles. The lowest BCUT2D eigenvalue weighted by Gasteiger charge is -2.08. The summed E-state index contributed by atoms with van der Waals surface area (Å²) >= 11 is 3.36. The standard InChI is InChI=1S/C21H18BrNO4/c22-17-6-1-2-7-18(17)23-20(24)12-27-21(25)10-15-11-26-19-9-14-5-3-4-13(14)8-16(15)19/h1-2,6-9,11H,3-5,10,12H2,(H,23,24). The SMILES string of the molecule is O=C(COC(=O)Cc1coc2cc3c(cc12)CCC3)Nc1ccccc1Br. The zero-order valence-corrected chi connectivity index (χ0v) is 16.2. The number of benzene rings is 2. The summed E-state index contributed by atoms with van der Waals surface area (Å²) in [7, 11) is 0. The van der Waals surface area contributed by atoms with Crippen LogP contribution in [0.25, 0.3) is 11.0 Å². The summed E-state index contributed by atoms with van der Waals surface area (Å²) in [5, 5.41) is 3.65. The Morgan fingerprint density at radius 1 is 1.15 bits per heavy atom. The molecular formula is C21H18BrNO4. The van der Waals surface area contributed by atoms with Crippen LogP contribution in [0.5, 0.6) is 0 Å². The van der Waals surface area contributed by atoms with E-state index >= 15 is 0 Å². The number of halogens is 1. The number of carbonyl (C=O) groups is 2. The maximum Gasteiger partial charge on any atom is 0.310 e. The highest BCUT2D eigenvalue weighted by molar-refractivity contribution is 9.10. The summed E-state index contributed by atoms with van der Waals surface area (Å²) < 4.78 is 11.5. The first-order valence-corrected chi connectivity index (χ1v) is 9.61. The van der Waals surface area contributed by atoms with Gasteiger partial charge in [0.1, 0.15) is 5.58 Å². The number of rotatable bonds is 5. The van der Waals surface area contributed by atoms with Crippen molar-refractivity contribution in [3.8, 4) is 0 Å². The fourth-order valence-corrected chi connectivity index (χ4v) is 3.77. The molecule has 1 amide bonds. The smallest absolute Gasteiger partial charge is 0.310 e. The molecule has 0 bridgehead atoms.